The zero-order valence-electron chi connectivity index (χ0n) is 12.1. The monoisotopic (exact) mass is 290 g/mol. The summed E-state index contributed by atoms with van der Waals surface area (Å²) in [7, 11) is 0. The van der Waals surface area contributed by atoms with E-state index in [1.807, 2.05) is 18.2 Å². The zero-order chi connectivity index (χ0) is 14.8. The molecule has 0 aliphatic rings. The highest BCUT2D eigenvalue weighted by Crippen LogP contribution is 2.09. The molecule has 0 spiro atoms. The van der Waals surface area contributed by atoms with Gasteiger partial charge in [-0.05, 0) is 18.4 Å². The van der Waals surface area contributed by atoms with Gasteiger partial charge in [-0.25, -0.2) is 0 Å². The summed E-state index contributed by atoms with van der Waals surface area (Å²) in [5.41, 5.74) is 1.20. The molecule has 5 heteroatoms. The van der Waals surface area contributed by atoms with Gasteiger partial charge in [0.25, 0.3) is 0 Å². The molecule has 0 aliphatic carbocycles. The van der Waals surface area contributed by atoms with Gasteiger partial charge >= 0.3 is 0 Å². The van der Waals surface area contributed by atoms with Gasteiger partial charge in [-0.3, -0.25) is 4.68 Å². The number of hydrogen-bond donors (Lipinski definition) is 1. The van der Waals surface area contributed by atoms with Crippen molar-refractivity contribution in [1.29, 1.82) is 0 Å². The lowest BCUT2D eigenvalue weighted by atomic mass is 10.2. The van der Waals surface area contributed by atoms with E-state index in [9.17, 15) is 0 Å². The van der Waals surface area contributed by atoms with Gasteiger partial charge in [-0.15, -0.1) is 0 Å². The van der Waals surface area contributed by atoms with Crippen LogP contribution >= 0.6 is 0 Å². The molecule has 5 nitrogen and oxygen atoms in total. The summed E-state index contributed by atoms with van der Waals surface area (Å²) in [6, 6.07) is 10.2. The van der Waals surface area contributed by atoms with E-state index in [0.29, 0.717) is 19.8 Å². The molecule has 1 aromatic heterocycles. The Morgan fingerprint density at radius 1 is 1.10 bits per heavy atom. The van der Waals surface area contributed by atoms with Crippen LogP contribution < -0.4 is 4.74 Å². The van der Waals surface area contributed by atoms with Gasteiger partial charge in [0.15, 0.2) is 5.75 Å². The second kappa shape index (κ2) is 9.15. The third-order valence-electron chi connectivity index (χ3n) is 3.00. The second-order valence-electron chi connectivity index (χ2n) is 4.76. The Morgan fingerprint density at radius 3 is 2.71 bits per heavy atom. The van der Waals surface area contributed by atoms with Gasteiger partial charge in [0.1, 0.15) is 0 Å². The van der Waals surface area contributed by atoms with E-state index in [4.69, 9.17) is 14.6 Å². The van der Waals surface area contributed by atoms with Crippen LogP contribution in [0.3, 0.4) is 0 Å². The summed E-state index contributed by atoms with van der Waals surface area (Å²) >= 11 is 0. The number of aliphatic hydroxyl groups excluding tert-OH is 1. The van der Waals surface area contributed by atoms with Crippen LogP contribution in [-0.4, -0.2) is 34.7 Å². The van der Waals surface area contributed by atoms with Gasteiger partial charge in [-0.1, -0.05) is 30.3 Å². The second-order valence-corrected chi connectivity index (χ2v) is 4.76. The summed E-state index contributed by atoms with van der Waals surface area (Å²) in [6.07, 6.45) is 5.38. The molecule has 0 fully saturated rings. The Balaban J connectivity index is 1.50. The fraction of sp³-hybridized carbons (Fsp3) is 0.438. The van der Waals surface area contributed by atoms with Crippen LogP contribution in [-0.2, 0) is 17.9 Å². The first-order valence-corrected chi connectivity index (χ1v) is 7.26. The number of benzene rings is 1. The summed E-state index contributed by atoms with van der Waals surface area (Å²) in [5.74, 6) is 0.744. The maximum atomic E-state index is 8.79. The first kappa shape index (κ1) is 15.5. The molecule has 0 saturated heterocycles. The minimum Gasteiger partial charge on any atom is -0.490 e. The third kappa shape index (κ3) is 5.97. The minimum atomic E-state index is 0.0832. The first-order chi connectivity index (χ1) is 10.4. The van der Waals surface area contributed by atoms with Crippen LogP contribution in [0.4, 0.5) is 0 Å². The molecule has 2 aromatic rings. The number of ether oxygens (including phenoxy) is 2. The quantitative estimate of drug-likeness (QED) is 0.682. The molecule has 2 rings (SSSR count). The number of rotatable bonds is 10. The van der Waals surface area contributed by atoms with Crippen LogP contribution in [0, 0.1) is 0 Å². The smallest absolute Gasteiger partial charge is 0.157 e. The zero-order valence-corrected chi connectivity index (χ0v) is 12.1. The molecule has 0 radical (unpaired) electrons. The Kier molecular flexibility index (Phi) is 6.77. The predicted octanol–water partition coefficient (Wildman–Crippen LogP) is 2.25. The standard InChI is InChI=1S/C16H22N2O3/c19-9-8-18-13-16(12-17-18)21-11-5-4-10-20-14-15-6-2-1-3-7-15/h1-3,6-7,12-13,19H,4-5,8-11,14H2. The molecule has 1 N–H and O–H groups in total. The van der Waals surface area contributed by atoms with Crippen molar-refractivity contribution < 1.29 is 14.6 Å². The van der Waals surface area contributed by atoms with Crippen molar-refractivity contribution in [2.75, 3.05) is 19.8 Å². The lowest BCUT2D eigenvalue weighted by Crippen LogP contribution is -2.02. The van der Waals surface area contributed by atoms with Crippen LogP contribution in [0.2, 0.25) is 0 Å². The molecule has 0 unspecified atom stereocenters. The van der Waals surface area contributed by atoms with Gasteiger partial charge in [0.05, 0.1) is 38.8 Å². The van der Waals surface area contributed by atoms with E-state index >= 15 is 0 Å². The fourth-order valence-corrected chi connectivity index (χ4v) is 1.90. The van der Waals surface area contributed by atoms with E-state index in [2.05, 4.69) is 17.2 Å². The molecule has 21 heavy (non-hydrogen) atoms. The normalized spacial score (nSPS) is 10.7. The van der Waals surface area contributed by atoms with Crippen molar-refractivity contribution in [3.05, 3.63) is 48.3 Å². The Bertz CT molecular complexity index is 499. The van der Waals surface area contributed by atoms with Crippen LogP contribution in [0.5, 0.6) is 5.75 Å². The molecule has 0 atom stereocenters. The summed E-state index contributed by atoms with van der Waals surface area (Å²) in [5, 5.41) is 12.9. The summed E-state index contributed by atoms with van der Waals surface area (Å²) in [4.78, 5) is 0. The number of aliphatic hydroxyl groups is 1. The highest BCUT2D eigenvalue weighted by Gasteiger charge is 1.99. The Morgan fingerprint density at radius 2 is 1.90 bits per heavy atom. The number of nitrogens with zero attached hydrogens (tertiary/aromatic N) is 2. The Labute approximate surface area is 125 Å². The van der Waals surface area contributed by atoms with E-state index in [1.165, 1.54) is 5.56 Å². The SMILES string of the molecule is OCCn1cc(OCCCCOCc2ccccc2)cn1. The fourth-order valence-electron chi connectivity index (χ4n) is 1.90. The van der Waals surface area contributed by atoms with Crippen LogP contribution in [0.1, 0.15) is 18.4 Å². The van der Waals surface area contributed by atoms with Crippen molar-refractivity contribution >= 4 is 0 Å². The summed E-state index contributed by atoms with van der Waals surface area (Å²) in [6.45, 7) is 2.63. The lowest BCUT2D eigenvalue weighted by molar-refractivity contribution is 0.113. The Hall–Kier alpha value is -1.85. The number of hydrogen-bond acceptors (Lipinski definition) is 4. The molecule has 0 amide bonds. The molecule has 1 aromatic carbocycles. The molecular formula is C16H22N2O3. The minimum absolute atomic E-state index is 0.0832. The molecule has 0 saturated carbocycles. The van der Waals surface area contributed by atoms with Gasteiger partial charge in [0, 0.05) is 6.61 Å². The molecule has 0 bridgehead atoms. The number of unbranched alkanes of at least 4 members (excludes halogenated alkanes) is 1. The highest BCUT2D eigenvalue weighted by molar-refractivity contribution is 5.13. The lowest BCUT2D eigenvalue weighted by Gasteiger charge is -2.05. The van der Waals surface area contributed by atoms with E-state index in [0.717, 1.165) is 25.2 Å². The van der Waals surface area contributed by atoms with Crippen molar-refractivity contribution in [2.24, 2.45) is 0 Å². The first-order valence-electron chi connectivity index (χ1n) is 7.26. The van der Waals surface area contributed by atoms with Gasteiger partial charge in [-0.2, -0.15) is 5.10 Å². The van der Waals surface area contributed by atoms with Gasteiger partial charge < -0.3 is 14.6 Å². The maximum Gasteiger partial charge on any atom is 0.157 e. The average Bonchev–Trinajstić information content (AvgIpc) is 2.95. The van der Waals surface area contributed by atoms with Crippen LogP contribution in [0.15, 0.2) is 42.7 Å². The van der Waals surface area contributed by atoms with E-state index in [1.54, 1.807) is 17.1 Å². The van der Waals surface area contributed by atoms with Gasteiger partial charge in [0.2, 0.25) is 0 Å². The van der Waals surface area contributed by atoms with E-state index in [-0.39, 0.29) is 6.61 Å². The van der Waals surface area contributed by atoms with Crippen molar-refractivity contribution in [3.8, 4) is 5.75 Å². The largest absolute Gasteiger partial charge is 0.490 e. The van der Waals surface area contributed by atoms with E-state index < -0.39 is 0 Å². The topological polar surface area (TPSA) is 56.5 Å². The van der Waals surface area contributed by atoms with Crippen molar-refractivity contribution in [3.63, 3.8) is 0 Å². The third-order valence-corrected chi connectivity index (χ3v) is 3.00. The molecule has 1 heterocycles. The van der Waals surface area contributed by atoms with Crippen molar-refractivity contribution in [2.45, 2.75) is 26.0 Å². The predicted molar refractivity (Wildman–Crippen MR) is 80.1 cm³/mol. The number of aromatic nitrogens is 2. The maximum absolute atomic E-state index is 8.79. The highest BCUT2D eigenvalue weighted by atomic mass is 16.5. The van der Waals surface area contributed by atoms with Crippen LogP contribution in [0.25, 0.3) is 0 Å². The molecule has 114 valence electrons. The molecule has 0 aliphatic heterocycles. The van der Waals surface area contributed by atoms with Crippen molar-refractivity contribution in [1.82, 2.24) is 9.78 Å². The average molecular weight is 290 g/mol. The molecular weight excluding hydrogens is 268 g/mol. The summed E-state index contributed by atoms with van der Waals surface area (Å²) < 4.78 is 12.9.